The molecule has 3 fully saturated rings. The Morgan fingerprint density at radius 2 is 1.47 bits per heavy atom. The van der Waals surface area contributed by atoms with Gasteiger partial charge in [0.1, 0.15) is 0 Å². The van der Waals surface area contributed by atoms with Crippen LogP contribution in [0.1, 0.15) is 73.6 Å². The van der Waals surface area contributed by atoms with Crippen molar-refractivity contribution in [2.24, 2.45) is 10.8 Å². The third kappa shape index (κ3) is 2.17. The molecule has 0 N–H and O–H groups in total. The highest BCUT2D eigenvalue weighted by molar-refractivity contribution is 6.49. The predicted octanol–water partition coefficient (Wildman–Crippen LogP) is 4.44. The molecule has 3 rings (SSSR count). The lowest BCUT2D eigenvalue weighted by Crippen LogP contribution is -2.41. The molecule has 0 aromatic rings. The Labute approximate surface area is 118 Å². The van der Waals surface area contributed by atoms with Crippen molar-refractivity contribution in [2.75, 3.05) is 0 Å². The van der Waals surface area contributed by atoms with E-state index in [-0.39, 0.29) is 18.3 Å². The van der Waals surface area contributed by atoms with Gasteiger partial charge in [-0.05, 0) is 64.2 Å². The summed E-state index contributed by atoms with van der Waals surface area (Å²) in [5.41, 5.74) is 0.691. The highest BCUT2D eigenvalue weighted by atomic mass is 16.7. The molecule has 3 aliphatic rings. The molecule has 0 bridgehead atoms. The molecule has 0 aromatic carbocycles. The summed E-state index contributed by atoms with van der Waals surface area (Å²) in [5, 5.41) is 0. The first kappa shape index (κ1) is 13.9. The summed E-state index contributed by atoms with van der Waals surface area (Å²) in [6, 6.07) is 0. The first-order chi connectivity index (χ1) is 8.57. The molecule has 1 aliphatic heterocycles. The van der Waals surface area contributed by atoms with Crippen molar-refractivity contribution in [3.05, 3.63) is 0 Å². The fourth-order valence-electron chi connectivity index (χ4n) is 4.36. The Bertz CT molecular complexity index is 372. The molecule has 2 nitrogen and oxygen atoms in total. The molecule has 2 saturated carbocycles. The Balaban J connectivity index is 1.71. The SMILES string of the molecule is CC1(C)CCCC2(CC2B2OC(C)(C)C(C)(C)O2)C1. The lowest BCUT2D eigenvalue weighted by Gasteiger charge is -2.36. The van der Waals surface area contributed by atoms with E-state index in [0.29, 0.717) is 16.6 Å². The van der Waals surface area contributed by atoms with E-state index in [0.717, 1.165) is 0 Å². The lowest BCUT2D eigenvalue weighted by atomic mass is 9.65. The van der Waals surface area contributed by atoms with Crippen LogP contribution in [0.25, 0.3) is 0 Å². The molecule has 0 aromatic heterocycles. The van der Waals surface area contributed by atoms with Gasteiger partial charge >= 0.3 is 7.12 Å². The first-order valence-corrected chi connectivity index (χ1v) is 7.93. The van der Waals surface area contributed by atoms with Gasteiger partial charge in [-0.25, -0.2) is 0 Å². The van der Waals surface area contributed by atoms with Crippen LogP contribution in [0.2, 0.25) is 5.82 Å². The number of hydrogen-bond acceptors (Lipinski definition) is 2. The lowest BCUT2D eigenvalue weighted by molar-refractivity contribution is 0.00578. The van der Waals surface area contributed by atoms with Gasteiger partial charge < -0.3 is 9.31 Å². The molecule has 0 amide bonds. The van der Waals surface area contributed by atoms with Crippen LogP contribution < -0.4 is 0 Å². The van der Waals surface area contributed by atoms with E-state index in [1.54, 1.807) is 0 Å². The van der Waals surface area contributed by atoms with Gasteiger partial charge in [-0.15, -0.1) is 0 Å². The second kappa shape index (κ2) is 3.79. The van der Waals surface area contributed by atoms with Crippen LogP contribution in [0.5, 0.6) is 0 Å². The summed E-state index contributed by atoms with van der Waals surface area (Å²) in [6.45, 7) is 13.5. The third-order valence-electron chi connectivity index (χ3n) is 6.21. The van der Waals surface area contributed by atoms with Crippen LogP contribution >= 0.6 is 0 Å². The van der Waals surface area contributed by atoms with Crippen molar-refractivity contribution in [1.82, 2.24) is 0 Å². The van der Waals surface area contributed by atoms with Gasteiger partial charge in [0.05, 0.1) is 11.2 Å². The van der Waals surface area contributed by atoms with Crippen molar-refractivity contribution < 1.29 is 9.31 Å². The van der Waals surface area contributed by atoms with Gasteiger partial charge in [0, 0.05) is 5.82 Å². The average Bonchev–Trinajstić information content (AvgIpc) is 2.81. The normalized spacial score (nSPS) is 42.6. The van der Waals surface area contributed by atoms with Crippen LogP contribution in [0.3, 0.4) is 0 Å². The van der Waals surface area contributed by atoms with E-state index in [1.165, 1.54) is 32.1 Å². The van der Waals surface area contributed by atoms with Crippen molar-refractivity contribution in [1.29, 1.82) is 0 Å². The topological polar surface area (TPSA) is 18.5 Å². The van der Waals surface area contributed by atoms with Crippen LogP contribution in [-0.4, -0.2) is 18.3 Å². The summed E-state index contributed by atoms with van der Waals surface area (Å²) in [5.74, 6) is 0.633. The molecular weight excluding hydrogens is 235 g/mol. The van der Waals surface area contributed by atoms with Crippen LogP contribution in [0.4, 0.5) is 0 Å². The highest BCUT2D eigenvalue weighted by Crippen LogP contribution is 2.71. The number of rotatable bonds is 1. The average molecular weight is 264 g/mol. The molecule has 1 saturated heterocycles. The van der Waals surface area contributed by atoms with Gasteiger partial charge in [-0.3, -0.25) is 0 Å². The second-order valence-electron chi connectivity index (χ2n) is 8.99. The minimum absolute atomic E-state index is 0.0268. The minimum atomic E-state index is -0.175. The van der Waals surface area contributed by atoms with Crippen molar-refractivity contribution in [3.63, 3.8) is 0 Å². The molecule has 0 radical (unpaired) electrons. The zero-order chi connectivity index (χ0) is 14.1. The smallest absolute Gasteiger partial charge is 0.403 e. The van der Waals surface area contributed by atoms with E-state index < -0.39 is 0 Å². The predicted molar refractivity (Wildman–Crippen MR) is 79.1 cm³/mol. The maximum Gasteiger partial charge on any atom is 0.461 e. The van der Waals surface area contributed by atoms with Crippen molar-refractivity contribution in [3.8, 4) is 0 Å². The Hall–Kier alpha value is -0.0151. The molecule has 2 aliphatic carbocycles. The van der Waals surface area contributed by atoms with E-state index in [9.17, 15) is 0 Å². The largest absolute Gasteiger partial charge is 0.461 e. The zero-order valence-corrected chi connectivity index (χ0v) is 13.5. The van der Waals surface area contributed by atoms with Crippen LogP contribution in [0.15, 0.2) is 0 Å². The number of hydrogen-bond donors (Lipinski definition) is 0. The Morgan fingerprint density at radius 1 is 0.895 bits per heavy atom. The Morgan fingerprint density at radius 3 is 2.00 bits per heavy atom. The maximum atomic E-state index is 6.26. The summed E-state index contributed by atoms with van der Waals surface area (Å²) < 4.78 is 12.5. The highest BCUT2D eigenvalue weighted by Gasteiger charge is 2.67. The summed E-state index contributed by atoms with van der Waals surface area (Å²) in [6.07, 6.45) is 6.81. The third-order valence-corrected chi connectivity index (χ3v) is 6.21. The van der Waals surface area contributed by atoms with E-state index in [1.807, 2.05) is 0 Å². The Kier molecular flexibility index (Phi) is 2.78. The van der Waals surface area contributed by atoms with E-state index in [4.69, 9.17) is 9.31 Å². The second-order valence-corrected chi connectivity index (χ2v) is 8.99. The maximum absolute atomic E-state index is 6.26. The zero-order valence-electron chi connectivity index (χ0n) is 13.5. The first-order valence-electron chi connectivity index (χ1n) is 7.93. The molecule has 19 heavy (non-hydrogen) atoms. The van der Waals surface area contributed by atoms with Crippen molar-refractivity contribution in [2.45, 2.75) is 90.7 Å². The fraction of sp³-hybridized carbons (Fsp3) is 1.00. The molecule has 3 heteroatoms. The van der Waals surface area contributed by atoms with Crippen LogP contribution in [-0.2, 0) is 9.31 Å². The minimum Gasteiger partial charge on any atom is -0.403 e. The monoisotopic (exact) mass is 264 g/mol. The van der Waals surface area contributed by atoms with Gasteiger partial charge in [-0.2, -0.15) is 0 Å². The molecule has 1 spiro atoms. The summed E-state index contributed by atoms with van der Waals surface area (Å²) >= 11 is 0. The standard InChI is InChI=1S/C16H29BO2/c1-13(2)8-7-9-16(11-13)10-12(16)17-18-14(3,4)15(5,6)19-17/h12H,7-11H2,1-6H3. The molecule has 2 unspecified atom stereocenters. The summed E-state index contributed by atoms with van der Waals surface area (Å²) in [7, 11) is 0.0268. The van der Waals surface area contributed by atoms with Crippen LogP contribution in [0, 0.1) is 10.8 Å². The molecular formula is C16H29BO2. The van der Waals surface area contributed by atoms with Gasteiger partial charge in [0.2, 0.25) is 0 Å². The molecule has 108 valence electrons. The molecule has 2 atom stereocenters. The van der Waals surface area contributed by atoms with Gasteiger partial charge in [0.25, 0.3) is 0 Å². The van der Waals surface area contributed by atoms with E-state index >= 15 is 0 Å². The fourth-order valence-corrected chi connectivity index (χ4v) is 4.36. The van der Waals surface area contributed by atoms with E-state index in [2.05, 4.69) is 41.5 Å². The van der Waals surface area contributed by atoms with Gasteiger partial charge in [-0.1, -0.05) is 20.3 Å². The van der Waals surface area contributed by atoms with Gasteiger partial charge in [0.15, 0.2) is 0 Å². The summed E-state index contributed by atoms with van der Waals surface area (Å²) in [4.78, 5) is 0. The van der Waals surface area contributed by atoms with Crippen molar-refractivity contribution >= 4 is 7.12 Å². The quantitative estimate of drug-likeness (QED) is 0.652. The molecule has 1 heterocycles.